The molecule has 0 saturated heterocycles. The number of aliphatic hydroxyl groups is 1. The molecule has 0 aliphatic heterocycles. The van der Waals surface area contributed by atoms with E-state index in [2.05, 4.69) is 41.9 Å². The van der Waals surface area contributed by atoms with Crippen LogP contribution >= 0.6 is 23.1 Å². The molecule has 0 radical (unpaired) electrons. The minimum atomic E-state index is -0.369. The van der Waals surface area contributed by atoms with Gasteiger partial charge in [-0.3, -0.25) is 0 Å². The predicted octanol–water partition coefficient (Wildman–Crippen LogP) is 3.73. The van der Waals surface area contributed by atoms with E-state index in [1.165, 1.54) is 4.21 Å². The van der Waals surface area contributed by atoms with Crippen LogP contribution in [-0.4, -0.2) is 24.0 Å². The van der Waals surface area contributed by atoms with Crippen LogP contribution in [0, 0.1) is 0 Å². The molecule has 0 spiro atoms. The summed E-state index contributed by atoms with van der Waals surface area (Å²) >= 11 is 3.55. The molecule has 0 bridgehead atoms. The first-order valence-electron chi connectivity index (χ1n) is 6.88. The Morgan fingerprint density at radius 3 is 2.60 bits per heavy atom. The van der Waals surface area contributed by atoms with Gasteiger partial charge >= 0.3 is 0 Å². The van der Waals surface area contributed by atoms with Crippen molar-refractivity contribution in [2.45, 2.75) is 23.1 Å². The fourth-order valence-corrected chi connectivity index (χ4v) is 4.08. The normalized spacial score (nSPS) is 14.1. The van der Waals surface area contributed by atoms with Gasteiger partial charge in [0.2, 0.25) is 0 Å². The van der Waals surface area contributed by atoms with Gasteiger partial charge in [0.1, 0.15) is 0 Å². The Labute approximate surface area is 129 Å². The minimum absolute atomic E-state index is 0.107. The quantitative estimate of drug-likeness (QED) is 0.729. The smallest absolute Gasteiger partial charge is 0.0764 e. The number of aliphatic hydroxyl groups excluding tert-OH is 1. The SMILES string of the molecule is CCCNC(CO)(CSc1cccs1)c1ccccc1. The van der Waals surface area contributed by atoms with Gasteiger partial charge < -0.3 is 10.4 Å². The highest BCUT2D eigenvalue weighted by Crippen LogP contribution is 2.32. The van der Waals surface area contributed by atoms with E-state index < -0.39 is 0 Å². The Bertz CT molecular complexity index is 486. The molecule has 0 aliphatic rings. The summed E-state index contributed by atoms with van der Waals surface area (Å²) < 4.78 is 1.29. The average Bonchev–Trinajstić information content (AvgIpc) is 3.02. The van der Waals surface area contributed by atoms with E-state index in [-0.39, 0.29) is 12.1 Å². The lowest BCUT2D eigenvalue weighted by Gasteiger charge is -2.33. The molecular formula is C16H21NOS2. The van der Waals surface area contributed by atoms with Gasteiger partial charge in [0, 0.05) is 5.75 Å². The second-order valence-corrected chi connectivity index (χ2v) is 6.98. The van der Waals surface area contributed by atoms with Crippen molar-refractivity contribution >= 4 is 23.1 Å². The first-order chi connectivity index (χ1) is 9.80. The van der Waals surface area contributed by atoms with Gasteiger partial charge in [-0.15, -0.1) is 23.1 Å². The molecule has 0 aliphatic carbocycles. The highest BCUT2D eigenvalue weighted by Gasteiger charge is 2.30. The molecule has 1 atom stereocenters. The number of thioether (sulfide) groups is 1. The number of thiophene rings is 1. The molecular weight excluding hydrogens is 286 g/mol. The van der Waals surface area contributed by atoms with Crippen molar-refractivity contribution in [1.29, 1.82) is 0 Å². The molecule has 2 aromatic rings. The summed E-state index contributed by atoms with van der Waals surface area (Å²) in [5.41, 5.74) is 0.784. The molecule has 108 valence electrons. The van der Waals surface area contributed by atoms with E-state index in [4.69, 9.17) is 0 Å². The topological polar surface area (TPSA) is 32.3 Å². The molecule has 2 rings (SSSR count). The van der Waals surface area contributed by atoms with E-state index in [0.29, 0.717) is 0 Å². The molecule has 1 unspecified atom stereocenters. The van der Waals surface area contributed by atoms with Crippen LogP contribution in [0.2, 0.25) is 0 Å². The number of benzene rings is 1. The second-order valence-electron chi connectivity index (χ2n) is 4.75. The molecule has 0 fully saturated rings. The molecule has 20 heavy (non-hydrogen) atoms. The van der Waals surface area contributed by atoms with Crippen LogP contribution in [0.25, 0.3) is 0 Å². The fraction of sp³-hybridized carbons (Fsp3) is 0.375. The number of hydrogen-bond donors (Lipinski definition) is 2. The summed E-state index contributed by atoms with van der Waals surface area (Å²) in [5.74, 6) is 0.827. The van der Waals surface area contributed by atoms with Crippen molar-refractivity contribution in [3.05, 3.63) is 53.4 Å². The Morgan fingerprint density at radius 2 is 2.00 bits per heavy atom. The van der Waals surface area contributed by atoms with Crippen LogP contribution in [0.1, 0.15) is 18.9 Å². The maximum atomic E-state index is 10.0. The van der Waals surface area contributed by atoms with Crippen molar-refractivity contribution < 1.29 is 5.11 Å². The van der Waals surface area contributed by atoms with Crippen molar-refractivity contribution in [2.75, 3.05) is 18.9 Å². The monoisotopic (exact) mass is 307 g/mol. The third kappa shape index (κ3) is 3.85. The van der Waals surface area contributed by atoms with Crippen LogP contribution in [0.3, 0.4) is 0 Å². The molecule has 4 heteroatoms. The van der Waals surface area contributed by atoms with E-state index >= 15 is 0 Å². The summed E-state index contributed by atoms with van der Waals surface area (Å²) in [6.45, 7) is 3.16. The van der Waals surface area contributed by atoms with Crippen LogP contribution in [0.15, 0.2) is 52.1 Å². The summed E-state index contributed by atoms with van der Waals surface area (Å²) in [6.07, 6.45) is 1.05. The molecule has 1 aromatic carbocycles. The third-order valence-corrected chi connectivity index (χ3v) is 5.63. The molecule has 2 N–H and O–H groups in total. The second kappa shape index (κ2) is 7.84. The first-order valence-corrected chi connectivity index (χ1v) is 8.75. The van der Waals surface area contributed by atoms with Crippen LogP contribution < -0.4 is 5.32 Å². The van der Waals surface area contributed by atoms with Crippen molar-refractivity contribution in [1.82, 2.24) is 5.32 Å². The van der Waals surface area contributed by atoms with E-state index in [9.17, 15) is 5.11 Å². The van der Waals surface area contributed by atoms with Crippen LogP contribution in [0.5, 0.6) is 0 Å². The highest BCUT2D eigenvalue weighted by atomic mass is 32.2. The van der Waals surface area contributed by atoms with E-state index in [0.717, 1.165) is 24.3 Å². The third-order valence-electron chi connectivity index (χ3n) is 3.27. The molecule has 2 nitrogen and oxygen atoms in total. The van der Waals surface area contributed by atoms with E-state index in [1.807, 2.05) is 18.2 Å². The lowest BCUT2D eigenvalue weighted by Crippen LogP contribution is -2.48. The Hall–Kier alpha value is -0.810. The molecule has 1 aromatic heterocycles. The largest absolute Gasteiger partial charge is 0.394 e. The van der Waals surface area contributed by atoms with Crippen LogP contribution in [-0.2, 0) is 5.54 Å². The molecule has 0 saturated carbocycles. The van der Waals surface area contributed by atoms with E-state index in [1.54, 1.807) is 23.1 Å². The van der Waals surface area contributed by atoms with Gasteiger partial charge in [-0.25, -0.2) is 0 Å². The lowest BCUT2D eigenvalue weighted by molar-refractivity contribution is 0.179. The average molecular weight is 307 g/mol. The Kier molecular flexibility index (Phi) is 6.10. The van der Waals surface area contributed by atoms with Crippen LogP contribution in [0.4, 0.5) is 0 Å². The Balaban J connectivity index is 2.17. The number of hydrogen-bond acceptors (Lipinski definition) is 4. The van der Waals surface area contributed by atoms with Gasteiger partial charge in [-0.05, 0) is 30.0 Å². The summed E-state index contributed by atoms with van der Waals surface area (Å²) in [5, 5.41) is 15.6. The van der Waals surface area contributed by atoms with Gasteiger partial charge in [0.05, 0.1) is 16.4 Å². The summed E-state index contributed by atoms with van der Waals surface area (Å²) in [7, 11) is 0. The maximum Gasteiger partial charge on any atom is 0.0764 e. The standard InChI is InChI=1S/C16H21NOS2/c1-2-10-17-16(12-18,14-7-4-3-5-8-14)13-20-15-9-6-11-19-15/h3-9,11,17-18H,2,10,12-13H2,1H3. The zero-order chi connectivity index (χ0) is 14.3. The first kappa shape index (κ1) is 15.6. The maximum absolute atomic E-state index is 10.0. The summed E-state index contributed by atoms with van der Waals surface area (Å²) in [4.78, 5) is 0. The molecule has 1 heterocycles. The summed E-state index contributed by atoms with van der Waals surface area (Å²) in [6, 6.07) is 14.4. The van der Waals surface area contributed by atoms with Crippen molar-refractivity contribution in [3.63, 3.8) is 0 Å². The molecule has 0 amide bonds. The fourth-order valence-electron chi connectivity index (χ4n) is 2.09. The minimum Gasteiger partial charge on any atom is -0.394 e. The van der Waals surface area contributed by atoms with Crippen molar-refractivity contribution in [3.8, 4) is 0 Å². The predicted molar refractivity (Wildman–Crippen MR) is 88.5 cm³/mol. The van der Waals surface area contributed by atoms with Gasteiger partial charge in [-0.2, -0.15) is 0 Å². The zero-order valence-electron chi connectivity index (χ0n) is 11.7. The lowest BCUT2D eigenvalue weighted by atomic mass is 9.92. The highest BCUT2D eigenvalue weighted by molar-refractivity contribution is 8.01. The van der Waals surface area contributed by atoms with Gasteiger partial charge in [-0.1, -0.05) is 43.3 Å². The Morgan fingerprint density at radius 1 is 1.20 bits per heavy atom. The van der Waals surface area contributed by atoms with Gasteiger partial charge in [0.25, 0.3) is 0 Å². The number of rotatable bonds is 8. The van der Waals surface area contributed by atoms with Crippen molar-refractivity contribution in [2.24, 2.45) is 0 Å². The zero-order valence-corrected chi connectivity index (χ0v) is 13.3. The number of nitrogens with one attached hydrogen (secondary N) is 1. The van der Waals surface area contributed by atoms with Gasteiger partial charge in [0.15, 0.2) is 0 Å².